The number of methoxy groups -OCH3 is 2. The van der Waals surface area contributed by atoms with Crippen LogP contribution >= 0.6 is 11.6 Å². The van der Waals surface area contributed by atoms with Gasteiger partial charge in [-0.15, -0.1) is 0 Å². The maximum atomic E-state index is 12.5. The second-order valence-electron chi connectivity index (χ2n) is 5.80. The molecule has 0 atom stereocenters. The number of amides is 1. The van der Waals surface area contributed by atoms with Gasteiger partial charge in [0.1, 0.15) is 5.75 Å². The van der Waals surface area contributed by atoms with Crippen LogP contribution in [-0.4, -0.2) is 38.2 Å². The molecule has 0 fully saturated rings. The number of carbonyl (C=O) groups is 1. The Balaban J connectivity index is 2.00. The summed E-state index contributed by atoms with van der Waals surface area (Å²) in [6.07, 6.45) is 0. The van der Waals surface area contributed by atoms with E-state index in [0.717, 1.165) is 11.1 Å². The van der Waals surface area contributed by atoms with E-state index in [1.54, 1.807) is 31.3 Å². The van der Waals surface area contributed by atoms with Gasteiger partial charge in [0.15, 0.2) is 18.1 Å². The molecule has 0 aliphatic heterocycles. The second-order valence-corrected chi connectivity index (χ2v) is 6.20. The average molecular weight is 378 g/mol. The van der Waals surface area contributed by atoms with Gasteiger partial charge in [-0.3, -0.25) is 4.79 Å². The van der Waals surface area contributed by atoms with Gasteiger partial charge in [0.05, 0.1) is 14.2 Å². The molecule has 0 aromatic heterocycles. The Kier molecular flexibility index (Phi) is 7.16. The number of benzene rings is 2. The summed E-state index contributed by atoms with van der Waals surface area (Å²) in [5.41, 5.74) is 1.87. The Labute approximate surface area is 159 Å². The molecular weight excluding hydrogens is 354 g/mol. The fourth-order valence-corrected chi connectivity index (χ4v) is 2.64. The third-order valence-corrected chi connectivity index (χ3v) is 4.47. The summed E-state index contributed by atoms with van der Waals surface area (Å²) < 4.78 is 16.2. The number of hydrogen-bond donors (Lipinski definition) is 0. The summed E-state index contributed by atoms with van der Waals surface area (Å²) in [4.78, 5) is 14.2. The van der Waals surface area contributed by atoms with Gasteiger partial charge >= 0.3 is 0 Å². The molecule has 0 radical (unpaired) electrons. The molecule has 140 valence electrons. The minimum Gasteiger partial charge on any atom is -0.493 e. The van der Waals surface area contributed by atoms with Gasteiger partial charge in [-0.2, -0.15) is 0 Å². The van der Waals surface area contributed by atoms with Gasteiger partial charge in [-0.25, -0.2) is 0 Å². The van der Waals surface area contributed by atoms with Crippen LogP contribution in [0.15, 0.2) is 36.4 Å². The highest BCUT2D eigenvalue weighted by atomic mass is 35.5. The molecule has 6 heteroatoms. The van der Waals surface area contributed by atoms with Gasteiger partial charge in [0.25, 0.3) is 5.91 Å². The van der Waals surface area contributed by atoms with Gasteiger partial charge in [0.2, 0.25) is 0 Å². The van der Waals surface area contributed by atoms with E-state index in [-0.39, 0.29) is 12.5 Å². The third-order valence-electron chi connectivity index (χ3n) is 4.05. The average Bonchev–Trinajstić information content (AvgIpc) is 2.66. The van der Waals surface area contributed by atoms with Crippen LogP contribution in [-0.2, 0) is 11.3 Å². The van der Waals surface area contributed by atoms with Crippen molar-refractivity contribution < 1.29 is 19.0 Å². The molecule has 2 rings (SSSR count). The third kappa shape index (κ3) is 5.05. The van der Waals surface area contributed by atoms with E-state index in [1.807, 2.05) is 38.1 Å². The summed E-state index contributed by atoms with van der Waals surface area (Å²) in [6.45, 7) is 4.86. The highest BCUT2D eigenvalue weighted by molar-refractivity contribution is 6.31. The monoisotopic (exact) mass is 377 g/mol. The topological polar surface area (TPSA) is 48.0 Å². The highest BCUT2D eigenvalue weighted by Gasteiger charge is 2.14. The molecule has 0 aliphatic rings. The summed E-state index contributed by atoms with van der Waals surface area (Å²) in [6, 6.07) is 11.0. The van der Waals surface area contributed by atoms with Crippen molar-refractivity contribution in [1.29, 1.82) is 0 Å². The molecule has 26 heavy (non-hydrogen) atoms. The van der Waals surface area contributed by atoms with Crippen molar-refractivity contribution in [3.8, 4) is 17.2 Å². The van der Waals surface area contributed by atoms with Crippen LogP contribution in [0.25, 0.3) is 0 Å². The van der Waals surface area contributed by atoms with Crippen LogP contribution < -0.4 is 14.2 Å². The van der Waals surface area contributed by atoms with E-state index < -0.39 is 0 Å². The molecule has 2 aromatic rings. The van der Waals surface area contributed by atoms with Crippen molar-refractivity contribution in [2.24, 2.45) is 0 Å². The molecule has 0 aliphatic carbocycles. The summed E-state index contributed by atoms with van der Waals surface area (Å²) in [5.74, 6) is 1.84. The zero-order valence-corrected chi connectivity index (χ0v) is 16.3. The van der Waals surface area contributed by atoms with Gasteiger partial charge in [0, 0.05) is 18.1 Å². The zero-order valence-electron chi connectivity index (χ0n) is 15.5. The van der Waals surface area contributed by atoms with Gasteiger partial charge in [-0.1, -0.05) is 17.7 Å². The van der Waals surface area contributed by atoms with Crippen molar-refractivity contribution in [3.05, 3.63) is 52.5 Å². The maximum absolute atomic E-state index is 12.5. The minimum atomic E-state index is -0.0881. The number of aryl methyl sites for hydroxylation is 1. The van der Waals surface area contributed by atoms with E-state index in [2.05, 4.69) is 0 Å². The molecule has 0 heterocycles. The Morgan fingerprint density at radius 1 is 1.08 bits per heavy atom. The molecule has 0 saturated heterocycles. The lowest BCUT2D eigenvalue weighted by Crippen LogP contribution is -2.34. The Hall–Kier alpha value is -2.40. The lowest BCUT2D eigenvalue weighted by Gasteiger charge is -2.22. The van der Waals surface area contributed by atoms with Gasteiger partial charge < -0.3 is 19.1 Å². The Bertz CT molecular complexity index is 763. The Morgan fingerprint density at radius 2 is 1.81 bits per heavy atom. The Morgan fingerprint density at radius 3 is 2.42 bits per heavy atom. The first-order valence-corrected chi connectivity index (χ1v) is 8.73. The fourth-order valence-electron chi connectivity index (χ4n) is 2.52. The second kappa shape index (κ2) is 9.34. The SMILES string of the molecule is CCN(Cc1ccc(OC)c(OC)c1)C(=O)COc1ccc(Cl)c(C)c1. The molecular formula is C20H24ClNO4. The number of likely N-dealkylation sites (N-methyl/N-ethyl adjacent to an activating group) is 1. The van der Waals surface area contributed by atoms with E-state index in [0.29, 0.717) is 35.4 Å². The van der Waals surface area contributed by atoms with E-state index >= 15 is 0 Å². The lowest BCUT2D eigenvalue weighted by molar-refractivity contribution is -0.133. The number of ether oxygens (including phenoxy) is 3. The molecule has 5 nitrogen and oxygen atoms in total. The van der Waals surface area contributed by atoms with Crippen molar-refractivity contribution >= 4 is 17.5 Å². The smallest absolute Gasteiger partial charge is 0.260 e. The maximum Gasteiger partial charge on any atom is 0.260 e. The van der Waals surface area contributed by atoms with Crippen LogP contribution in [0.4, 0.5) is 0 Å². The predicted molar refractivity (Wildman–Crippen MR) is 102 cm³/mol. The van der Waals surface area contributed by atoms with Gasteiger partial charge in [-0.05, 0) is 55.3 Å². The molecule has 2 aromatic carbocycles. The molecule has 0 bridgehead atoms. The summed E-state index contributed by atoms with van der Waals surface area (Å²) in [7, 11) is 3.18. The minimum absolute atomic E-state index is 0.0256. The molecule has 0 N–H and O–H groups in total. The number of hydrogen-bond acceptors (Lipinski definition) is 4. The lowest BCUT2D eigenvalue weighted by atomic mass is 10.2. The summed E-state index contributed by atoms with van der Waals surface area (Å²) in [5, 5.41) is 0.673. The van der Waals surface area contributed by atoms with Crippen molar-refractivity contribution in [3.63, 3.8) is 0 Å². The van der Waals surface area contributed by atoms with Crippen LogP contribution in [0.1, 0.15) is 18.1 Å². The quantitative estimate of drug-likeness (QED) is 0.695. The van der Waals surface area contributed by atoms with Crippen LogP contribution in [0.5, 0.6) is 17.2 Å². The zero-order chi connectivity index (χ0) is 19.1. The van der Waals surface area contributed by atoms with E-state index in [4.69, 9.17) is 25.8 Å². The molecule has 0 saturated carbocycles. The first-order valence-electron chi connectivity index (χ1n) is 8.36. The van der Waals surface area contributed by atoms with Crippen molar-refractivity contribution in [2.45, 2.75) is 20.4 Å². The van der Waals surface area contributed by atoms with Crippen LogP contribution in [0, 0.1) is 6.92 Å². The molecule has 1 amide bonds. The van der Waals surface area contributed by atoms with Crippen molar-refractivity contribution in [1.82, 2.24) is 4.90 Å². The number of carbonyl (C=O) groups excluding carboxylic acids is 1. The predicted octanol–water partition coefficient (Wildman–Crippen LogP) is 4.09. The van der Waals surface area contributed by atoms with Crippen molar-refractivity contribution in [2.75, 3.05) is 27.4 Å². The molecule has 0 spiro atoms. The summed E-state index contributed by atoms with van der Waals surface area (Å²) >= 11 is 6.00. The van der Waals surface area contributed by atoms with Crippen LogP contribution in [0.3, 0.4) is 0 Å². The molecule has 0 unspecified atom stereocenters. The largest absolute Gasteiger partial charge is 0.493 e. The fraction of sp³-hybridized carbons (Fsp3) is 0.350. The van der Waals surface area contributed by atoms with E-state index in [9.17, 15) is 4.79 Å². The number of nitrogens with zero attached hydrogens (tertiary/aromatic N) is 1. The van der Waals surface area contributed by atoms with Crippen LogP contribution in [0.2, 0.25) is 5.02 Å². The van der Waals surface area contributed by atoms with E-state index in [1.165, 1.54) is 0 Å². The first kappa shape index (κ1) is 19.9. The first-order chi connectivity index (χ1) is 12.5. The number of halogens is 1. The normalized spacial score (nSPS) is 10.3. The highest BCUT2D eigenvalue weighted by Crippen LogP contribution is 2.28. The standard InChI is InChI=1S/C20H24ClNO4/c1-5-22(12-15-6-9-18(24-3)19(11-15)25-4)20(23)13-26-16-7-8-17(21)14(2)10-16/h6-11H,5,12-13H2,1-4H3. The number of rotatable bonds is 8.